The molecule has 1 aliphatic rings. The lowest BCUT2D eigenvalue weighted by Crippen LogP contribution is -2.33. The minimum absolute atomic E-state index is 0.156. The van der Waals surface area contributed by atoms with Crippen LogP contribution < -0.4 is 4.74 Å². The van der Waals surface area contributed by atoms with Crippen LogP contribution in [-0.2, 0) is 4.79 Å². The molecule has 2 heterocycles. The van der Waals surface area contributed by atoms with Gasteiger partial charge < -0.3 is 14.2 Å². The summed E-state index contributed by atoms with van der Waals surface area (Å²) in [5.74, 6) is 2.06. The first-order valence-electron chi connectivity index (χ1n) is 8.47. The molecule has 6 heteroatoms. The van der Waals surface area contributed by atoms with E-state index >= 15 is 0 Å². The summed E-state index contributed by atoms with van der Waals surface area (Å²) in [6, 6.07) is 7.44. The van der Waals surface area contributed by atoms with E-state index in [9.17, 15) is 4.79 Å². The van der Waals surface area contributed by atoms with Crippen LogP contribution in [0.1, 0.15) is 45.5 Å². The molecule has 1 aliphatic heterocycles. The lowest BCUT2D eigenvalue weighted by molar-refractivity contribution is -0.131. The number of hydrogen-bond acceptors (Lipinski definition) is 5. The molecular formula is C18H23N3O3. The third-order valence-corrected chi connectivity index (χ3v) is 4.20. The van der Waals surface area contributed by atoms with Gasteiger partial charge in [-0.2, -0.15) is 4.98 Å². The second-order valence-corrected chi connectivity index (χ2v) is 6.26. The van der Waals surface area contributed by atoms with E-state index in [1.165, 1.54) is 0 Å². The Kier molecular flexibility index (Phi) is 4.83. The molecule has 128 valence electrons. The van der Waals surface area contributed by atoms with Crippen molar-refractivity contribution in [3.63, 3.8) is 0 Å². The summed E-state index contributed by atoms with van der Waals surface area (Å²) in [7, 11) is 0. The van der Waals surface area contributed by atoms with Crippen LogP contribution in [0.25, 0.3) is 11.4 Å². The number of amides is 1. The Labute approximate surface area is 141 Å². The van der Waals surface area contributed by atoms with Gasteiger partial charge in [-0.1, -0.05) is 31.1 Å². The molecular weight excluding hydrogens is 306 g/mol. The molecule has 1 amide bonds. The highest BCUT2D eigenvalue weighted by Crippen LogP contribution is 2.34. The second kappa shape index (κ2) is 7.03. The number of aromatic nitrogens is 2. The molecule has 1 saturated heterocycles. The first-order chi connectivity index (χ1) is 11.6. The number of carbonyl (C=O) groups excluding carboxylic acids is 1. The van der Waals surface area contributed by atoms with Crippen LogP contribution in [0.15, 0.2) is 28.8 Å². The molecule has 1 fully saturated rings. The van der Waals surface area contributed by atoms with Gasteiger partial charge in [0.25, 0.3) is 0 Å². The minimum Gasteiger partial charge on any atom is -0.493 e. The summed E-state index contributed by atoms with van der Waals surface area (Å²) in [5.41, 5.74) is 0.796. The van der Waals surface area contributed by atoms with Crippen molar-refractivity contribution in [2.75, 3.05) is 13.2 Å². The van der Waals surface area contributed by atoms with Crippen molar-refractivity contribution in [2.24, 2.45) is 5.92 Å². The first-order valence-corrected chi connectivity index (χ1v) is 8.47. The topological polar surface area (TPSA) is 68.5 Å². The summed E-state index contributed by atoms with van der Waals surface area (Å²) in [6.45, 7) is 7.38. The Morgan fingerprint density at radius 2 is 2.12 bits per heavy atom. The van der Waals surface area contributed by atoms with Crippen LogP contribution in [0.4, 0.5) is 0 Å². The SMILES string of the molecule is CCOc1ccccc1-c1noc(C(C(C)C)N2CCCC2=O)n1. The van der Waals surface area contributed by atoms with E-state index in [4.69, 9.17) is 9.26 Å². The van der Waals surface area contributed by atoms with Gasteiger partial charge in [-0.3, -0.25) is 4.79 Å². The fourth-order valence-electron chi connectivity index (χ4n) is 3.14. The average Bonchev–Trinajstić information content (AvgIpc) is 3.19. The van der Waals surface area contributed by atoms with Crippen molar-refractivity contribution in [3.05, 3.63) is 30.2 Å². The number of nitrogens with zero attached hydrogens (tertiary/aromatic N) is 3. The summed E-state index contributed by atoms with van der Waals surface area (Å²) in [5, 5.41) is 4.12. The van der Waals surface area contributed by atoms with Crippen LogP contribution in [0.3, 0.4) is 0 Å². The molecule has 1 unspecified atom stereocenters. The zero-order chi connectivity index (χ0) is 17.1. The molecule has 6 nitrogen and oxygen atoms in total. The van der Waals surface area contributed by atoms with Crippen LogP contribution in [0, 0.1) is 5.92 Å². The molecule has 1 aromatic heterocycles. The van der Waals surface area contributed by atoms with Crippen molar-refractivity contribution in [3.8, 4) is 17.1 Å². The molecule has 0 radical (unpaired) electrons. The average molecular weight is 329 g/mol. The Morgan fingerprint density at radius 3 is 2.79 bits per heavy atom. The van der Waals surface area contributed by atoms with E-state index in [0.29, 0.717) is 24.7 Å². The number of hydrogen-bond donors (Lipinski definition) is 0. The van der Waals surface area contributed by atoms with Crippen LogP contribution in [-0.4, -0.2) is 34.1 Å². The molecule has 0 N–H and O–H groups in total. The van der Waals surface area contributed by atoms with Gasteiger partial charge in [0.1, 0.15) is 11.8 Å². The molecule has 0 aliphatic carbocycles. The van der Waals surface area contributed by atoms with Crippen molar-refractivity contribution >= 4 is 5.91 Å². The standard InChI is InChI=1S/C18H23N3O3/c1-4-23-14-9-6-5-8-13(14)17-19-18(24-20-17)16(12(2)3)21-11-7-10-15(21)22/h5-6,8-9,12,16H,4,7,10-11H2,1-3H3. The summed E-state index contributed by atoms with van der Waals surface area (Å²) >= 11 is 0. The fraction of sp³-hybridized carbons (Fsp3) is 0.500. The van der Waals surface area contributed by atoms with E-state index < -0.39 is 0 Å². The number of likely N-dealkylation sites (tertiary alicyclic amines) is 1. The Morgan fingerprint density at radius 1 is 1.33 bits per heavy atom. The highest BCUT2D eigenvalue weighted by Gasteiger charge is 2.35. The maximum atomic E-state index is 12.1. The monoisotopic (exact) mass is 329 g/mol. The van der Waals surface area contributed by atoms with Gasteiger partial charge in [0.2, 0.25) is 17.6 Å². The molecule has 0 spiro atoms. The van der Waals surface area contributed by atoms with Crippen LogP contribution in [0.2, 0.25) is 0 Å². The number of benzene rings is 1. The second-order valence-electron chi connectivity index (χ2n) is 6.26. The van der Waals surface area contributed by atoms with Gasteiger partial charge in [0.05, 0.1) is 12.2 Å². The van der Waals surface area contributed by atoms with E-state index in [1.54, 1.807) is 0 Å². The van der Waals surface area contributed by atoms with Gasteiger partial charge in [-0.25, -0.2) is 0 Å². The lowest BCUT2D eigenvalue weighted by Gasteiger charge is -2.27. The summed E-state index contributed by atoms with van der Waals surface area (Å²) in [4.78, 5) is 18.6. The van der Waals surface area contributed by atoms with Gasteiger partial charge in [0.15, 0.2) is 0 Å². The normalized spacial score (nSPS) is 16.0. The summed E-state index contributed by atoms with van der Waals surface area (Å²) < 4.78 is 11.2. The largest absolute Gasteiger partial charge is 0.493 e. The smallest absolute Gasteiger partial charge is 0.250 e. The lowest BCUT2D eigenvalue weighted by atomic mass is 10.0. The Bertz CT molecular complexity index is 711. The molecule has 0 bridgehead atoms. The van der Waals surface area contributed by atoms with E-state index in [1.807, 2.05) is 36.1 Å². The zero-order valence-electron chi connectivity index (χ0n) is 14.4. The number of carbonyl (C=O) groups is 1. The maximum Gasteiger partial charge on any atom is 0.250 e. The highest BCUT2D eigenvalue weighted by atomic mass is 16.5. The fourth-order valence-corrected chi connectivity index (χ4v) is 3.14. The molecule has 0 saturated carbocycles. The van der Waals surface area contributed by atoms with Crippen molar-refractivity contribution in [2.45, 2.75) is 39.7 Å². The van der Waals surface area contributed by atoms with Gasteiger partial charge in [0, 0.05) is 13.0 Å². The molecule has 1 atom stereocenters. The Hall–Kier alpha value is -2.37. The molecule has 2 aromatic rings. The molecule has 24 heavy (non-hydrogen) atoms. The first kappa shape index (κ1) is 16.5. The van der Waals surface area contributed by atoms with E-state index in [-0.39, 0.29) is 17.9 Å². The van der Waals surface area contributed by atoms with Crippen LogP contribution >= 0.6 is 0 Å². The number of ether oxygens (including phenoxy) is 1. The summed E-state index contributed by atoms with van der Waals surface area (Å²) in [6.07, 6.45) is 1.48. The molecule has 1 aromatic carbocycles. The predicted octanol–water partition coefficient (Wildman–Crippen LogP) is 3.45. The van der Waals surface area contributed by atoms with Crippen molar-refractivity contribution in [1.29, 1.82) is 0 Å². The van der Waals surface area contributed by atoms with E-state index in [2.05, 4.69) is 24.0 Å². The number of rotatable bonds is 6. The quantitative estimate of drug-likeness (QED) is 0.812. The minimum atomic E-state index is -0.180. The van der Waals surface area contributed by atoms with E-state index in [0.717, 1.165) is 24.3 Å². The highest BCUT2D eigenvalue weighted by molar-refractivity contribution is 5.78. The van der Waals surface area contributed by atoms with Gasteiger partial charge >= 0.3 is 0 Å². The number of para-hydroxylation sites is 1. The van der Waals surface area contributed by atoms with Crippen molar-refractivity contribution in [1.82, 2.24) is 15.0 Å². The Balaban J connectivity index is 1.93. The van der Waals surface area contributed by atoms with Crippen molar-refractivity contribution < 1.29 is 14.1 Å². The third kappa shape index (κ3) is 3.13. The van der Waals surface area contributed by atoms with Gasteiger partial charge in [-0.05, 0) is 31.4 Å². The zero-order valence-corrected chi connectivity index (χ0v) is 14.4. The predicted molar refractivity (Wildman–Crippen MR) is 89.4 cm³/mol. The van der Waals surface area contributed by atoms with Crippen LogP contribution in [0.5, 0.6) is 5.75 Å². The maximum absolute atomic E-state index is 12.1. The van der Waals surface area contributed by atoms with Gasteiger partial charge in [-0.15, -0.1) is 0 Å². The molecule has 3 rings (SSSR count). The third-order valence-electron chi connectivity index (χ3n) is 4.20.